The highest BCUT2D eigenvalue weighted by Crippen LogP contribution is 2.33. The lowest BCUT2D eigenvalue weighted by Gasteiger charge is -2.35. The molecule has 1 amide bonds. The second-order valence-corrected chi connectivity index (χ2v) is 6.08. The number of amides is 1. The Balaban J connectivity index is 1.95. The Morgan fingerprint density at radius 1 is 1.21 bits per heavy atom. The van der Waals surface area contributed by atoms with Crippen molar-refractivity contribution in [3.05, 3.63) is 18.3 Å². The van der Waals surface area contributed by atoms with E-state index in [-0.39, 0.29) is 5.91 Å². The van der Waals surface area contributed by atoms with Crippen molar-refractivity contribution in [2.75, 3.05) is 32.2 Å². The molecular formula is C18H28N2O4. The van der Waals surface area contributed by atoms with Crippen LogP contribution in [0.3, 0.4) is 0 Å². The predicted molar refractivity (Wildman–Crippen MR) is 92.3 cm³/mol. The summed E-state index contributed by atoms with van der Waals surface area (Å²) in [6.45, 7) is 3.62. The number of carbonyl (C=O) groups excluding carboxylic acids is 1. The minimum Gasteiger partial charge on any atom is -0.475 e. The summed E-state index contributed by atoms with van der Waals surface area (Å²) < 4.78 is 16.3. The number of nitrogens with one attached hydrogen (secondary N) is 1. The van der Waals surface area contributed by atoms with E-state index in [2.05, 4.69) is 17.2 Å². The van der Waals surface area contributed by atoms with Crippen molar-refractivity contribution in [3.8, 4) is 5.88 Å². The van der Waals surface area contributed by atoms with E-state index in [1.54, 1.807) is 25.4 Å². The monoisotopic (exact) mass is 336 g/mol. The van der Waals surface area contributed by atoms with Crippen molar-refractivity contribution in [1.82, 2.24) is 4.98 Å². The number of rotatable bonds is 9. The molecule has 0 radical (unpaired) electrons. The topological polar surface area (TPSA) is 69.7 Å². The lowest BCUT2D eigenvalue weighted by Crippen LogP contribution is -2.47. The molecule has 1 N–H and O–H groups in total. The molecule has 0 aromatic carbocycles. The van der Waals surface area contributed by atoms with Gasteiger partial charge in [-0.2, -0.15) is 0 Å². The molecule has 1 aliphatic rings. The van der Waals surface area contributed by atoms with Gasteiger partial charge in [0.05, 0.1) is 18.5 Å². The van der Waals surface area contributed by atoms with Crippen molar-refractivity contribution in [3.63, 3.8) is 0 Å². The van der Waals surface area contributed by atoms with E-state index < -0.39 is 5.60 Å². The fraction of sp³-hybridized carbons (Fsp3) is 0.667. The number of aromatic nitrogens is 1. The van der Waals surface area contributed by atoms with Crippen molar-refractivity contribution >= 4 is 11.6 Å². The molecule has 1 aromatic rings. The van der Waals surface area contributed by atoms with Crippen LogP contribution in [0.15, 0.2) is 18.3 Å². The van der Waals surface area contributed by atoms with Gasteiger partial charge in [0.15, 0.2) is 0 Å². The summed E-state index contributed by atoms with van der Waals surface area (Å²) in [7, 11) is 1.62. The molecule has 1 aromatic heterocycles. The van der Waals surface area contributed by atoms with Gasteiger partial charge >= 0.3 is 0 Å². The van der Waals surface area contributed by atoms with Crippen molar-refractivity contribution in [2.45, 2.75) is 51.0 Å². The van der Waals surface area contributed by atoms with Crippen LogP contribution < -0.4 is 10.1 Å². The fourth-order valence-corrected chi connectivity index (χ4v) is 2.87. The smallest absolute Gasteiger partial charge is 0.256 e. The summed E-state index contributed by atoms with van der Waals surface area (Å²) in [5, 5.41) is 2.95. The highest BCUT2D eigenvalue weighted by molar-refractivity contribution is 5.97. The molecule has 0 spiro atoms. The van der Waals surface area contributed by atoms with Crippen LogP contribution >= 0.6 is 0 Å². The molecule has 134 valence electrons. The van der Waals surface area contributed by atoms with Crippen molar-refractivity contribution in [2.24, 2.45) is 0 Å². The Labute approximate surface area is 143 Å². The Morgan fingerprint density at radius 3 is 2.62 bits per heavy atom. The van der Waals surface area contributed by atoms with Crippen molar-refractivity contribution < 1.29 is 19.0 Å². The fourth-order valence-electron chi connectivity index (χ4n) is 2.87. The first-order valence-corrected chi connectivity index (χ1v) is 8.73. The Hall–Kier alpha value is -1.66. The third kappa shape index (κ3) is 5.18. The van der Waals surface area contributed by atoms with Gasteiger partial charge in [0.2, 0.25) is 5.88 Å². The van der Waals surface area contributed by atoms with Crippen LogP contribution in [0.5, 0.6) is 5.88 Å². The quantitative estimate of drug-likeness (QED) is 0.701. The largest absolute Gasteiger partial charge is 0.475 e. The molecular weight excluding hydrogens is 308 g/mol. The lowest BCUT2D eigenvalue weighted by molar-refractivity contribution is -0.146. The second kappa shape index (κ2) is 9.59. The number of anilines is 1. The maximum Gasteiger partial charge on any atom is 0.256 e. The second-order valence-electron chi connectivity index (χ2n) is 6.08. The van der Waals surface area contributed by atoms with Crippen LogP contribution in [0.4, 0.5) is 5.69 Å². The minimum atomic E-state index is -0.693. The van der Waals surface area contributed by atoms with Gasteiger partial charge in [0.1, 0.15) is 12.2 Å². The lowest BCUT2D eigenvalue weighted by atomic mass is 9.83. The zero-order valence-electron chi connectivity index (χ0n) is 14.7. The maximum absolute atomic E-state index is 12.8. The summed E-state index contributed by atoms with van der Waals surface area (Å²) in [6, 6.07) is 3.54. The summed E-state index contributed by atoms with van der Waals surface area (Å²) in [6.07, 6.45) is 7.30. The first-order chi connectivity index (χ1) is 11.7. The summed E-state index contributed by atoms with van der Waals surface area (Å²) in [5.74, 6) is 0.449. The van der Waals surface area contributed by atoms with Crippen LogP contribution in [0.2, 0.25) is 0 Å². The molecule has 1 fully saturated rings. The summed E-state index contributed by atoms with van der Waals surface area (Å²) in [4.78, 5) is 17.0. The van der Waals surface area contributed by atoms with Gasteiger partial charge < -0.3 is 19.5 Å². The molecule has 6 nitrogen and oxygen atoms in total. The third-order valence-electron chi connectivity index (χ3n) is 4.19. The normalized spacial score (nSPS) is 16.6. The van der Waals surface area contributed by atoms with Crippen LogP contribution in [-0.2, 0) is 14.3 Å². The molecule has 0 aliphatic heterocycles. The zero-order chi connectivity index (χ0) is 17.3. The molecule has 1 saturated carbocycles. The van der Waals surface area contributed by atoms with Crippen LogP contribution in [0.25, 0.3) is 0 Å². The van der Waals surface area contributed by atoms with E-state index in [1.807, 2.05) is 0 Å². The molecule has 1 aliphatic carbocycles. The Kier molecular flexibility index (Phi) is 7.46. The molecule has 2 rings (SSSR count). The van der Waals surface area contributed by atoms with E-state index in [9.17, 15) is 4.79 Å². The number of carbonyl (C=O) groups is 1. The molecule has 1 heterocycles. The number of methoxy groups -OCH3 is 1. The van der Waals surface area contributed by atoms with Gasteiger partial charge in [-0.25, -0.2) is 4.98 Å². The minimum absolute atomic E-state index is 0.0644. The molecule has 6 heteroatoms. The highest BCUT2D eigenvalue weighted by atomic mass is 16.5. The third-order valence-corrected chi connectivity index (χ3v) is 4.19. The summed E-state index contributed by atoms with van der Waals surface area (Å²) in [5.41, 5.74) is -0.0360. The standard InChI is InChI=1S/C18H28N2O4/c1-3-11-24-18(9-5-4-6-10-18)17(21)20-15-7-8-16(19-14-15)23-13-12-22-2/h7-8,14H,3-6,9-13H2,1-2H3,(H,20,21). The molecule has 0 bridgehead atoms. The number of ether oxygens (including phenoxy) is 3. The van der Waals surface area contributed by atoms with Gasteiger partial charge in [-0.15, -0.1) is 0 Å². The van der Waals surface area contributed by atoms with Gasteiger partial charge in [0.25, 0.3) is 5.91 Å². The van der Waals surface area contributed by atoms with E-state index in [1.165, 1.54) is 6.42 Å². The van der Waals surface area contributed by atoms with E-state index in [0.29, 0.717) is 31.4 Å². The van der Waals surface area contributed by atoms with Gasteiger partial charge in [0, 0.05) is 19.8 Å². The Bertz CT molecular complexity index is 498. The predicted octanol–water partition coefficient (Wildman–Crippen LogP) is 3.17. The maximum atomic E-state index is 12.8. The number of hydrogen-bond donors (Lipinski definition) is 1. The Morgan fingerprint density at radius 2 is 2.00 bits per heavy atom. The zero-order valence-corrected chi connectivity index (χ0v) is 14.7. The van der Waals surface area contributed by atoms with Gasteiger partial charge in [-0.05, 0) is 25.3 Å². The summed E-state index contributed by atoms with van der Waals surface area (Å²) >= 11 is 0. The average Bonchev–Trinajstić information content (AvgIpc) is 2.62. The van der Waals surface area contributed by atoms with Crippen LogP contribution in [-0.4, -0.2) is 43.4 Å². The molecule has 0 atom stereocenters. The number of nitrogens with zero attached hydrogens (tertiary/aromatic N) is 1. The van der Waals surface area contributed by atoms with E-state index in [0.717, 1.165) is 32.1 Å². The number of hydrogen-bond acceptors (Lipinski definition) is 5. The van der Waals surface area contributed by atoms with Gasteiger partial charge in [-0.3, -0.25) is 4.79 Å². The van der Waals surface area contributed by atoms with Crippen molar-refractivity contribution in [1.29, 1.82) is 0 Å². The van der Waals surface area contributed by atoms with E-state index >= 15 is 0 Å². The van der Waals surface area contributed by atoms with E-state index in [4.69, 9.17) is 14.2 Å². The first kappa shape index (κ1) is 18.7. The van der Waals surface area contributed by atoms with Crippen LogP contribution in [0.1, 0.15) is 45.4 Å². The SMILES string of the molecule is CCCOC1(C(=O)Nc2ccc(OCCOC)nc2)CCCCC1. The molecule has 0 saturated heterocycles. The highest BCUT2D eigenvalue weighted by Gasteiger charge is 2.40. The molecule has 24 heavy (non-hydrogen) atoms. The average molecular weight is 336 g/mol. The molecule has 0 unspecified atom stereocenters. The number of pyridine rings is 1. The van der Waals surface area contributed by atoms with Gasteiger partial charge in [-0.1, -0.05) is 26.2 Å². The van der Waals surface area contributed by atoms with Crippen LogP contribution in [0, 0.1) is 0 Å². The first-order valence-electron chi connectivity index (χ1n) is 8.73.